The summed E-state index contributed by atoms with van der Waals surface area (Å²) in [5.41, 5.74) is 1.03. The van der Waals surface area contributed by atoms with Crippen LogP contribution in [0.5, 0.6) is 11.5 Å². The summed E-state index contributed by atoms with van der Waals surface area (Å²) in [6, 6.07) is 5.75. The summed E-state index contributed by atoms with van der Waals surface area (Å²) in [6.07, 6.45) is 0. The highest BCUT2D eigenvalue weighted by Crippen LogP contribution is 2.25. The first-order valence-corrected chi connectivity index (χ1v) is 6.28. The summed E-state index contributed by atoms with van der Waals surface area (Å²) < 4.78 is 10.5. The summed E-state index contributed by atoms with van der Waals surface area (Å²) in [5, 5.41) is 3.22. The van der Waals surface area contributed by atoms with Crippen LogP contribution in [-0.2, 0) is 6.54 Å². The molecule has 1 aromatic rings. The first kappa shape index (κ1) is 15.1. The van der Waals surface area contributed by atoms with Gasteiger partial charge < -0.3 is 19.7 Å². The quantitative estimate of drug-likeness (QED) is 0.650. The van der Waals surface area contributed by atoms with Crippen molar-refractivity contribution in [3.8, 4) is 11.5 Å². The first-order chi connectivity index (χ1) is 9.12. The van der Waals surface area contributed by atoms with Crippen molar-refractivity contribution >= 4 is 5.96 Å². The van der Waals surface area contributed by atoms with Gasteiger partial charge in [-0.15, -0.1) is 0 Å². The second-order valence-corrected chi connectivity index (χ2v) is 4.24. The van der Waals surface area contributed by atoms with Gasteiger partial charge >= 0.3 is 0 Å². The molecule has 5 nitrogen and oxygen atoms in total. The molecule has 0 aliphatic rings. The average molecular weight is 265 g/mol. The van der Waals surface area contributed by atoms with Crippen LogP contribution in [0.15, 0.2) is 23.2 Å². The zero-order valence-corrected chi connectivity index (χ0v) is 12.4. The molecule has 0 bridgehead atoms. The van der Waals surface area contributed by atoms with Crippen LogP contribution in [0.2, 0.25) is 0 Å². The Bertz CT molecular complexity index is 431. The fourth-order valence-corrected chi connectivity index (χ4v) is 1.66. The van der Waals surface area contributed by atoms with Crippen molar-refractivity contribution in [1.82, 2.24) is 10.2 Å². The highest BCUT2D eigenvalue weighted by molar-refractivity contribution is 5.79. The number of hydrogen-bond donors (Lipinski definition) is 1. The molecule has 0 heterocycles. The van der Waals surface area contributed by atoms with Crippen molar-refractivity contribution in [3.05, 3.63) is 23.8 Å². The minimum atomic E-state index is 0.563. The molecule has 0 spiro atoms. The van der Waals surface area contributed by atoms with E-state index in [0.717, 1.165) is 29.6 Å². The van der Waals surface area contributed by atoms with E-state index in [2.05, 4.69) is 10.3 Å². The van der Waals surface area contributed by atoms with Gasteiger partial charge in [0, 0.05) is 32.3 Å². The lowest BCUT2D eigenvalue weighted by Crippen LogP contribution is -2.36. The number of rotatable bonds is 5. The monoisotopic (exact) mass is 265 g/mol. The SMILES string of the molecule is CCNC(=NCc1ccc(OC)cc1OC)N(C)C. The van der Waals surface area contributed by atoms with Gasteiger partial charge in [-0.05, 0) is 19.1 Å². The molecule has 0 aliphatic carbocycles. The van der Waals surface area contributed by atoms with E-state index in [9.17, 15) is 0 Å². The number of hydrogen-bond acceptors (Lipinski definition) is 3. The Balaban J connectivity index is 2.89. The molecular weight excluding hydrogens is 242 g/mol. The Morgan fingerprint density at radius 2 is 2.00 bits per heavy atom. The normalized spacial score (nSPS) is 11.1. The maximum atomic E-state index is 5.36. The predicted molar refractivity (Wildman–Crippen MR) is 78.0 cm³/mol. The molecule has 1 N–H and O–H groups in total. The minimum Gasteiger partial charge on any atom is -0.497 e. The molecule has 0 radical (unpaired) electrons. The van der Waals surface area contributed by atoms with E-state index in [1.165, 1.54) is 0 Å². The lowest BCUT2D eigenvalue weighted by atomic mass is 10.2. The van der Waals surface area contributed by atoms with E-state index >= 15 is 0 Å². The van der Waals surface area contributed by atoms with Gasteiger partial charge in [0.15, 0.2) is 5.96 Å². The topological polar surface area (TPSA) is 46.1 Å². The van der Waals surface area contributed by atoms with Crippen molar-refractivity contribution in [2.75, 3.05) is 34.9 Å². The van der Waals surface area contributed by atoms with Gasteiger partial charge in [0.1, 0.15) is 11.5 Å². The predicted octanol–water partition coefficient (Wildman–Crippen LogP) is 1.73. The zero-order valence-electron chi connectivity index (χ0n) is 12.4. The largest absolute Gasteiger partial charge is 0.497 e. The fraction of sp³-hybridized carbons (Fsp3) is 0.500. The molecule has 0 saturated carbocycles. The number of ether oxygens (including phenoxy) is 2. The molecule has 0 saturated heterocycles. The van der Waals surface area contributed by atoms with Crippen LogP contribution >= 0.6 is 0 Å². The second kappa shape index (κ2) is 7.51. The highest BCUT2D eigenvalue weighted by Gasteiger charge is 2.06. The maximum absolute atomic E-state index is 5.36. The molecule has 0 atom stereocenters. The standard InChI is InChI=1S/C14H23N3O2/c1-6-15-14(17(2)3)16-10-11-7-8-12(18-4)9-13(11)19-5/h7-9H,6,10H2,1-5H3,(H,15,16). The van der Waals surface area contributed by atoms with Crippen LogP contribution in [-0.4, -0.2) is 45.7 Å². The Kier molecular flexibility index (Phi) is 5.99. The minimum absolute atomic E-state index is 0.563. The average Bonchev–Trinajstić information content (AvgIpc) is 2.42. The summed E-state index contributed by atoms with van der Waals surface area (Å²) in [4.78, 5) is 6.52. The van der Waals surface area contributed by atoms with E-state index < -0.39 is 0 Å². The van der Waals surface area contributed by atoms with Crippen LogP contribution in [0.3, 0.4) is 0 Å². The van der Waals surface area contributed by atoms with Crippen molar-refractivity contribution in [2.24, 2.45) is 4.99 Å². The zero-order chi connectivity index (χ0) is 14.3. The van der Waals surface area contributed by atoms with Gasteiger partial charge in [-0.1, -0.05) is 0 Å². The summed E-state index contributed by atoms with van der Waals surface area (Å²) in [6.45, 7) is 3.46. The third-order valence-corrected chi connectivity index (χ3v) is 2.65. The molecule has 0 unspecified atom stereocenters. The maximum Gasteiger partial charge on any atom is 0.193 e. The van der Waals surface area contributed by atoms with Gasteiger partial charge in [0.2, 0.25) is 0 Å². The van der Waals surface area contributed by atoms with E-state index in [1.54, 1.807) is 14.2 Å². The van der Waals surface area contributed by atoms with E-state index in [4.69, 9.17) is 9.47 Å². The van der Waals surface area contributed by atoms with Crippen LogP contribution in [0.4, 0.5) is 0 Å². The van der Waals surface area contributed by atoms with Crippen LogP contribution in [0.1, 0.15) is 12.5 Å². The van der Waals surface area contributed by atoms with Gasteiger partial charge in [0.05, 0.1) is 20.8 Å². The third-order valence-electron chi connectivity index (χ3n) is 2.65. The number of benzene rings is 1. The van der Waals surface area contributed by atoms with Crippen molar-refractivity contribution in [3.63, 3.8) is 0 Å². The van der Waals surface area contributed by atoms with Crippen LogP contribution in [0.25, 0.3) is 0 Å². The lowest BCUT2D eigenvalue weighted by molar-refractivity contribution is 0.391. The lowest BCUT2D eigenvalue weighted by Gasteiger charge is -2.17. The Morgan fingerprint density at radius 1 is 1.26 bits per heavy atom. The molecule has 5 heteroatoms. The molecule has 1 aromatic carbocycles. The van der Waals surface area contributed by atoms with E-state index in [1.807, 2.05) is 44.1 Å². The number of aliphatic imine (C=N–C) groups is 1. The van der Waals surface area contributed by atoms with Crippen molar-refractivity contribution in [2.45, 2.75) is 13.5 Å². The Morgan fingerprint density at radius 3 is 2.53 bits per heavy atom. The summed E-state index contributed by atoms with van der Waals surface area (Å²) in [7, 11) is 7.22. The molecule has 0 aliphatic heterocycles. The van der Waals surface area contributed by atoms with Crippen molar-refractivity contribution in [1.29, 1.82) is 0 Å². The number of methoxy groups -OCH3 is 2. The second-order valence-electron chi connectivity index (χ2n) is 4.24. The van der Waals surface area contributed by atoms with E-state index in [0.29, 0.717) is 6.54 Å². The molecule has 0 fully saturated rings. The Labute approximate surface area is 115 Å². The fourth-order valence-electron chi connectivity index (χ4n) is 1.66. The van der Waals surface area contributed by atoms with Crippen molar-refractivity contribution < 1.29 is 9.47 Å². The van der Waals surface area contributed by atoms with Gasteiger partial charge in [0.25, 0.3) is 0 Å². The van der Waals surface area contributed by atoms with Gasteiger partial charge in [-0.25, -0.2) is 4.99 Å². The van der Waals surface area contributed by atoms with Gasteiger partial charge in [-0.2, -0.15) is 0 Å². The molecule has 0 amide bonds. The van der Waals surface area contributed by atoms with Gasteiger partial charge in [-0.3, -0.25) is 0 Å². The molecule has 106 valence electrons. The molecular formula is C14H23N3O2. The molecule has 1 rings (SSSR count). The molecule has 0 aromatic heterocycles. The number of guanidine groups is 1. The Hall–Kier alpha value is -1.91. The van der Waals surface area contributed by atoms with Crippen LogP contribution < -0.4 is 14.8 Å². The van der Waals surface area contributed by atoms with E-state index in [-0.39, 0.29) is 0 Å². The summed E-state index contributed by atoms with van der Waals surface area (Å²) in [5.74, 6) is 2.43. The highest BCUT2D eigenvalue weighted by atomic mass is 16.5. The molecule has 19 heavy (non-hydrogen) atoms. The number of nitrogens with one attached hydrogen (secondary N) is 1. The number of nitrogens with zero attached hydrogens (tertiary/aromatic N) is 2. The van der Waals surface area contributed by atoms with Crippen LogP contribution in [0, 0.1) is 0 Å². The first-order valence-electron chi connectivity index (χ1n) is 6.28. The third kappa shape index (κ3) is 4.35. The smallest absolute Gasteiger partial charge is 0.193 e. The summed E-state index contributed by atoms with van der Waals surface area (Å²) >= 11 is 0.